The molecule has 1 heterocycles. The highest BCUT2D eigenvalue weighted by Gasteiger charge is 2.15. The Morgan fingerprint density at radius 1 is 1.16 bits per heavy atom. The Morgan fingerprint density at radius 3 is 2.41 bits per heavy atom. The zero-order valence-electron chi connectivity index (χ0n) is 23.8. The summed E-state index contributed by atoms with van der Waals surface area (Å²) >= 11 is 4.32. The standard InChI is InChI=1S/C22H33N5S.C6H12O.C2H6/c1-3-5-6-14-27(16-15-26-12-7-8-13-26)20-11-10-18(17-19(20)23)25-22(24)21(28)9-4-2;1-3-5-6-7-4-2;1-2/h3-5,9-11,17,28H,2,6-8,12-16,23H2,1H3,(H2,24,25);3,5H,4,6H2,1-2H3;1-2H3/b5-3+,21-9-;5-3-;. The minimum absolute atomic E-state index is 0.342. The van der Waals surface area contributed by atoms with Crippen LogP contribution in [0.2, 0.25) is 0 Å². The van der Waals surface area contributed by atoms with Crippen molar-refractivity contribution in [3.05, 3.63) is 66.1 Å². The van der Waals surface area contributed by atoms with Gasteiger partial charge in [-0.3, -0.25) is 0 Å². The number of anilines is 2. The molecule has 1 aromatic carbocycles. The quantitative estimate of drug-likeness (QED) is 0.0501. The van der Waals surface area contributed by atoms with E-state index < -0.39 is 0 Å². The first-order valence-corrected chi connectivity index (χ1v) is 13.9. The molecule has 1 saturated heterocycles. The minimum atomic E-state index is 0.342. The van der Waals surface area contributed by atoms with Gasteiger partial charge in [0.05, 0.1) is 23.7 Å². The highest BCUT2D eigenvalue weighted by atomic mass is 32.1. The number of nitrogens with zero attached hydrogens (tertiary/aromatic N) is 3. The van der Waals surface area contributed by atoms with Crippen molar-refractivity contribution in [1.82, 2.24) is 4.90 Å². The lowest BCUT2D eigenvalue weighted by Crippen LogP contribution is -2.34. The lowest BCUT2D eigenvalue weighted by atomic mass is 10.2. The van der Waals surface area contributed by atoms with Gasteiger partial charge in [0, 0.05) is 31.1 Å². The summed E-state index contributed by atoms with van der Waals surface area (Å²) in [5, 5.41) is 0. The molecule has 37 heavy (non-hydrogen) atoms. The van der Waals surface area contributed by atoms with E-state index in [0.29, 0.717) is 16.4 Å². The summed E-state index contributed by atoms with van der Waals surface area (Å²) in [4.78, 5) is 9.88. The molecule has 0 atom stereocenters. The number of nitrogen functional groups attached to an aromatic ring is 1. The van der Waals surface area contributed by atoms with Gasteiger partial charge in [-0.25, -0.2) is 4.99 Å². The van der Waals surface area contributed by atoms with Crippen LogP contribution in [0.3, 0.4) is 0 Å². The molecule has 0 bridgehead atoms. The first kappa shape index (κ1) is 34.5. The molecular formula is C30H51N5OS. The third kappa shape index (κ3) is 15.4. The number of likely N-dealkylation sites (tertiary alicyclic amines) is 1. The number of ether oxygens (including phenoxy) is 1. The van der Waals surface area contributed by atoms with Crippen molar-refractivity contribution >= 4 is 35.5 Å². The van der Waals surface area contributed by atoms with Gasteiger partial charge in [-0.2, -0.15) is 0 Å². The molecule has 7 heteroatoms. The molecule has 1 aliphatic heterocycles. The van der Waals surface area contributed by atoms with Crippen LogP contribution < -0.4 is 16.4 Å². The number of rotatable bonds is 13. The number of hydrogen-bond donors (Lipinski definition) is 3. The highest BCUT2D eigenvalue weighted by Crippen LogP contribution is 2.29. The molecule has 1 fully saturated rings. The average molecular weight is 530 g/mol. The second-order valence-corrected chi connectivity index (χ2v) is 8.63. The smallest absolute Gasteiger partial charge is 0.137 e. The maximum absolute atomic E-state index is 6.39. The van der Waals surface area contributed by atoms with Gasteiger partial charge in [0.15, 0.2) is 0 Å². The molecule has 0 aromatic heterocycles. The molecular weight excluding hydrogens is 478 g/mol. The molecule has 1 aromatic rings. The van der Waals surface area contributed by atoms with Crippen molar-refractivity contribution in [2.24, 2.45) is 10.7 Å². The number of nitrogens with two attached hydrogens (primary N) is 2. The minimum Gasteiger partial charge on any atom is -0.397 e. The van der Waals surface area contributed by atoms with E-state index in [4.69, 9.17) is 16.2 Å². The summed E-state index contributed by atoms with van der Waals surface area (Å²) < 4.78 is 4.99. The van der Waals surface area contributed by atoms with Crippen LogP contribution in [0.4, 0.5) is 17.1 Å². The third-order valence-electron chi connectivity index (χ3n) is 5.48. The van der Waals surface area contributed by atoms with Crippen LogP contribution in [0, 0.1) is 0 Å². The fraction of sp³-hybridized carbons (Fsp3) is 0.500. The van der Waals surface area contributed by atoms with E-state index in [0.717, 1.165) is 50.6 Å². The number of amidine groups is 1. The Bertz CT molecular complexity index is 858. The SMILES string of the molecule is C/C=C\COCC.C=C/C=C(\S)C(N)=Nc1ccc(N(CC/C=C/C)CCN2CCCC2)c(N)c1.CC. The largest absolute Gasteiger partial charge is 0.397 e. The molecule has 208 valence electrons. The Kier molecular flexibility index (Phi) is 21.2. The van der Waals surface area contributed by atoms with E-state index in [1.165, 1.54) is 25.9 Å². The fourth-order valence-corrected chi connectivity index (χ4v) is 3.75. The summed E-state index contributed by atoms with van der Waals surface area (Å²) in [6, 6.07) is 5.86. The fourth-order valence-electron chi connectivity index (χ4n) is 3.59. The maximum atomic E-state index is 6.39. The van der Waals surface area contributed by atoms with Crippen LogP contribution in [0.25, 0.3) is 0 Å². The average Bonchev–Trinajstić information content (AvgIpc) is 3.42. The van der Waals surface area contributed by atoms with Gasteiger partial charge in [0.25, 0.3) is 0 Å². The van der Waals surface area contributed by atoms with Crippen molar-refractivity contribution in [2.75, 3.05) is 56.6 Å². The molecule has 0 unspecified atom stereocenters. The van der Waals surface area contributed by atoms with E-state index in [1.807, 2.05) is 58.0 Å². The number of benzene rings is 1. The number of allylic oxidation sites excluding steroid dienone is 4. The van der Waals surface area contributed by atoms with Crippen LogP contribution >= 0.6 is 12.6 Å². The third-order valence-corrected chi connectivity index (χ3v) is 5.86. The first-order chi connectivity index (χ1) is 18.0. The van der Waals surface area contributed by atoms with Gasteiger partial charge in [-0.15, -0.1) is 12.6 Å². The predicted molar refractivity (Wildman–Crippen MR) is 169 cm³/mol. The van der Waals surface area contributed by atoms with Gasteiger partial charge in [-0.1, -0.05) is 50.8 Å². The number of thiol groups is 1. The van der Waals surface area contributed by atoms with E-state index in [9.17, 15) is 0 Å². The second-order valence-electron chi connectivity index (χ2n) is 8.15. The van der Waals surface area contributed by atoms with Crippen LogP contribution in [-0.4, -0.2) is 56.7 Å². The summed E-state index contributed by atoms with van der Waals surface area (Å²) in [5.41, 5.74) is 14.8. The lowest BCUT2D eigenvalue weighted by molar-refractivity contribution is 0.177. The molecule has 0 spiro atoms. The molecule has 6 nitrogen and oxygen atoms in total. The van der Waals surface area contributed by atoms with Gasteiger partial charge in [0.1, 0.15) is 5.84 Å². The van der Waals surface area contributed by atoms with Gasteiger partial charge < -0.3 is 26.0 Å². The van der Waals surface area contributed by atoms with E-state index in [2.05, 4.69) is 53.1 Å². The summed E-state index contributed by atoms with van der Waals surface area (Å²) in [7, 11) is 0. The molecule has 0 radical (unpaired) electrons. The molecule has 0 amide bonds. The topological polar surface area (TPSA) is 80.1 Å². The molecule has 2 rings (SSSR count). The summed E-state index contributed by atoms with van der Waals surface area (Å²) in [6.07, 6.45) is 15.2. The maximum Gasteiger partial charge on any atom is 0.137 e. The summed E-state index contributed by atoms with van der Waals surface area (Å²) in [6.45, 7) is 20.6. The molecule has 0 saturated carbocycles. The Morgan fingerprint density at radius 2 is 1.84 bits per heavy atom. The van der Waals surface area contributed by atoms with Crippen molar-refractivity contribution in [1.29, 1.82) is 0 Å². The van der Waals surface area contributed by atoms with E-state index in [1.54, 1.807) is 12.2 Å². The van der Waals surface area contributed by atoms with Gasteiger partial charge in [0.2, 0.25) is 0 Å². The van der Waals surface area contributed by atoms with Crippen molar-refractivity contribution in [3.8, 4) is 0 Å². The predicted octanol–water partition coefficient (Wildman–Crippen LogP) is 6.75. The van der Waals surface area contributed by atoms with Crippen LogP contribution in [0.1, 0.15) is 53.9 Å². The van der Waals surface area contributed by atoms with Crippen LogP contribution in [0.5, 0.6) is 0 Å². The molecule has 1 aliphatic rings. The van der Waals surface area contributed by atoms with Gasteiger partial charge >= 0.3 is 0 Å². The second kappa shape index (κ2) is 22.7. The van der Waals surface area contributed by atoms with Crippen LogP contribution in [0.15, 0.2) is 71.1 Å². The highest BCUT2D eigenvalue weighted by molar-refractivity contribution is 7.85. The number of aliphatic imine (C=N–C) groups is 1. The van der Waals surface area contributed by atoms with Crippen LogP contribution in [-0.2, 0) is 4.74 Å². The molecule has 0 aliphatic carbocycles. The Labute approximate surface area is 232 Å². The molecule has 4 N–H and O–H groups in total. The van der Waals surface area contributed by atoms with Gasteiger partial charge in [-0.05, 0) is 77.4 Å². The Hall–Kier alpha value is -2.48. The van der Waals surface area contributed by atoms with E-state index in [-0.39, 0.29) is 0 Å². The van der Waals surface area contributed by atoms with E-state index >= 15 is 0 Å². The number of hydrogen-bond acceptors (Lipinski definition) is 6. The van der Waals surface area contributed by atoms with Crippen molar-refractivity contribution in [2.45, 2.75) is 53.9 Å². The lowest BCUT2D eigenvalue weighted by Gasteiger charge is -2.28. The normalized spacial score (nSPS) is 14.3. The summed E-state index contributed by atoms with van der Waals surface area (Å²) in [5.74, 6) is 0.342. The Balaban J connectivity index is 0.00000124. The van der Waals surface area contributed by atoms with Crippen molar-refractivity contribution < 1.29 is 4.74 Å². The monoisotopic (exact) mass is 529 g/mol. The first-order valence-electron chi connectivity index (χ1n) is 13.5. The zero-order chi connectivity index (χ0) is 27.9. The zero-order valence-corrected chi connectivity index (χ0v) is 24.7. The van der Waals surface area contributed by atoms with Crippen molar-refractivity contribution in [3.63, 3.8) is 0 Å².